The van der Waals surface area contributed by atoms with Crippen molar-refractivity contribution >= 4 is 28.4 Å². The van der Waals surface area contributed by atoms with E-state index in [1.54, 1.807) is 24.8 Å². The number of amides is 1. The Balaban J connectivity index is 1.39. The summed E-state index contributed by atoms with van der Waals surface area (Å²) in [4.78, 5) is 22.3. The molecule has 1 fully saturated rings. The van der Waals surface area contributed by atoms with E-state index in [1.165, 1.54) is 35.3 Å². The highest BCUT2D eigenvalue weighted by Gasteiger charge is 2.47. The van der Waals surface area contributed by atoms with Crippen molar-refractivity contribution in [2.24, 2.45) is 5.92 Å². The first-order valence-electron chi connectivity index (χ1n) is 10.2. The molecule has 5 rings (SSSR count). The number of nitrogens with zero attached hydrogens (tertiary/aromatic N) is 6. The normalized spacial score (nSPS) is 14.5. The van der Waals surface area contributed by atoms with E-state index in [9.17, 15) is 22.4 Å². The molecule has 1 aliphatic rings. The lowest BCUT2D eigenvalue weighted by atomic mass is 9.99. The summed E-state index contributed by atoms with van der Waals surface area (Å²) in [6.45, 7) is 2.93. The molecule has 1 aliphatic heterocycles. The summed E-state index contributed by atoms with van der Waals surface area (Å²) in [5.41, 5.74) is 1.17. The summed E-state index contributed by atoms with van der Waals surface area (Å²) >= 11 is 0. The molecule has 1 amide bonds. The van der Waals surface area contributed by atoms with Crippen LogP contribution in [-0.4, -0.2) is 45.0 Å². The molecule has 0 saturated carbocycles. The summed E-state index contributed by atoms with van der Waals surface area (Å²) in [5, 5.41) is 7.40. The van der Waals surface area contributed by atoms with Crippen LogP contribution in [0.1, 0.15) is 11.7 Å². The molecule has 0 unspecified atom stereocenters. The molecule has 176 valence electrons. The molecule has 34 heavy (non-hydrogen) atoms. The number of aromatic nitrogens is 5. The van der Waals surface area contributed by atoms with Crippen molar-refractivity contribution in [3.05, 3.63) is 54.2 Å². The fourth-order valence-corrected chi connectivity index (χ4v) is 3.72. The Morgan fingerprint density at radius 1 is 1.24 bits per heavy atom. The maximum Gasteiger partial charge on any atom is 0.478 e. The molecule has 0 atom stereocenters. The van der Waals surface area contributed by atoms with Crippen LogP contribution in [0, 0.1) is 25.6 Å². The third-order valence-electron chi connectivity index (χ3n) is 5.52. The molecule has 1 saturated heterocycles. The largest absolute Gasteiger partial charge is 0.478 e. The molecule has 4 aromatic rings. The topological polar surface area (TPSA) is 93.0 Å². The average molecular weight is 476 g/mol. The molecular formula is C21H18F4N7O2+. The van der Waals surface area contributed by atoms with Gasteiger partial charge in [0.25, 0.3) is 5.82 Å². The number of pyridine rings is 1. The van der Waals surface area contributed by atoms with E-state index < -0.39 is 23.9 Å². The lowest BCUT2D eigenvalue weighted by Crippen LogP contribution is -2.53. The number of alkyl halides is 3. The number of hydrogen-bond donors (Lipinski definition) is 1. The predicted molar refractivity (Wildman–Crippen MR) is 111 cm³/mol. The molecule has 1 aromatic carbocycles. The van der Waals surface area contributed by atoms with Crippen LogP contribution in [0.15, 0.2) is 41.2 Å². The molecule has 0 bridgehead atoms. The van der Waals surface area contributed by atoms with E-state index in [0.29, 0.717) is 28.4 Å². The van der Waals surface area contributed by atoms with E-state index in [0.717, 1.165) is 4.74 Å². The molecule has 4 heterocycles. The van der Waals surface area contributed by atoms with Gasteiger partial charge in [0.2, 0.25) is 0 Å². The molecular weight excluding hydrogens is 458 g/mol. The number of rotatable bonds is 3. The number of halogens is 4. The van der Waals surface area contributed by atoms with Gasteiger partial charge in [0.15, 0.2) is 5.65 Å². The Morgan fingerprint density at radius 3 is 2.68 bits per heavy atom. The minimum absolute atomic E-state index is 0.0499. The quantitative estimate of drug-likeness (QED) is 0.359. The van der Waals surface area contributed by atoms with Crippen molar-refractivity contribution in [1.29, 1.82) is 0 Å². The Kier molecular flexibility index (Phi) is 4.99. The highest BCUT2D eigenvalue weighted by molar-refractivity contribution is 5.83. The highest BCUT2D eigenvalue weighted by Crippen LogP contribution is 2.36. The van der Waals surface area contributed by atoms with Crippen molar-refractivity contribution < 1.29 is 31.6 Å². The fourth-order valence-electron chi connectivity index (χ4n) is 3.72. The number of nitrogens with one attached hydrogen (secondary N) is 1. The number of hydrogen-bond acceptors (Lipinski definition) is 6. The zero-order valence-corrected chi connectivity index (χ0v) is 18.0. The van der Waals surface area contributed by atoms with Crippen LogP contribution in [0.5, 0.6) is 0 Å². The highest BCUT2D eigenvalue weighted by atomic mass is 19.4. The second-order valence-electron chi connectivity index (χ2n) is 7.98. The first kappa shape index (κ1) is 21.8. The van der Waals surface area contributed by atoms with Gasteiger partial charge in [-0.2, -0.15) is 13.2 Å². The van der Waals surface area contributed by atoms with Crippen LogP contribution in [-0.2, 0) is 0 Å². The minimum atomic E-state index is -4.22. The van der Waals surface area contributed by atoms with Crippen molar-refractivity contribution in [3.8, 4) is 5.69 Å². The monoisotopic (exact) mass is 476 g/mol. The van der Waals surface area contributed by atoms with Gasteiger partial charge in [0, 0.05) is 44.6 Å². The SMILES string of the molecule is Cc1nc(C)[n+](C(=O)Nc2ccc(F)c(-n3cc4cc(N5CC(C(F)(F)F)C5)cnc4n3)c2)o1. The van der Waals surface area contributed by atoms with Crippen molar-refractivity contribution in [3.63, 3.8) is 0 Å². The van der Waals surface area contributed by atoms with Crippen LogP contribution < -0.4 is 15.0 Å². The molecule has 3 aromatic heterocycles. The predicted octanol–water partition coefficient (Wildman–Crippen LogP) is 3.53. The zero-order valence-electron chi connectivity index (χ0n) is 18.0. The van der Waals surface area contributed by atoms with E-state index in [4.69, 9.17) is 4.52 Å². The van der Waals surface area contributed by atoms with Crippen LogP contribution >= 0.6 is 0 Å². The van der Waals surface area contributed by atoms with Gasteiger partial charge in [-0.15, -0.1) is 5.10 Å². The van der Waals surface area contributed by atoms with Gasteiger partial charge in [-0.25, -0.2) is 24.2 Å². The number of carbonyl (C=O) groups is 1. The molecule has 1 N–H and O–H groups in total. The Labute approximate surface area is 189 Å². The zero-order chi connectivity index (χ0) is 24.2. The van der Waals surface area contributed by atoms with E-state index in [2.05, 4.69) is 20.4 Å². The summed E-state index contributed by atoms with van der Waals surface area (Å²) in [7, 11) is 0. The van der Waals surface area contributed by atoms with Gasteiger partial charge in [0.05, 0.1) is 17.8 Å². The number of benzene rings is 1. The van der Waals surface area contributed by atoms with E-state index in [-0.39, 0.29) is 24.5 Å². The standard InChI is InChI=1S/C21H17F4N7O2/c1-11-27-12(2)34-32(11)20(33)28-15-3-4-17(22)18(6-15)31-8-13-5-16(7-26-19(13)29-31)30-9-14(10-30)21(23,24)25/h3-8,14H,9-10H2,1-2H3/p+1. The lowest BCUT2D eigenvalue weighted by Gasteiger charge is -2.41. The average Bonchev–Trinajstić information content (AvgIpc) is 3.29. The van der Waals surface area contributed by atoms with E-state index >= 15 is 0 Å². The van der Waals surface area contributed by atoms with E-state index in [1.807, 2.05) is 0 Å². The summed E-state index contributed by atoms with van der Waals surface area (Å²) < 4.78 is 60.4. The Bertz CT molecular complexity index is 1410. The molecule has 0 aliphatic carbocycles. The smallest absolute Gasteiger partial charge is 0.369 e. The Hall–Kier alpha value is -4.03. The maximum absolute atomic E-state index is 14.6. The Morgan fingerprint density at radius 2 is 2.00 bits per heavy atom. The van der Waals surface area contributed by atoms with Crippen LogP contribution in [0.3, 0.4) is 0 Å². The van der Waals surface area contributed by atoms with Crippen molar-refractivity contribution in [2.45, 2.75) is 20.0 Å². The fraction of sp³-hybridized carbons (Fsp3) is 0.286. The molecule has 13 heteroatoms. The third-order valence-corrected chi connectivity index (χ3v) is 5.52. The number of carbonyl (C=O) groups excluding carboxylic acids is 1. The number of aryl methyl sites for hydroxylation is 2. The van der Waals surface area contributed by atoms with Crippen molar-refractivity contribution in [1.82, 2.24) is 19.7 Å². The van der Waals surface area contributed by atoms with Gasteiger partial charge in [0.1, 0.15) is 17.2 Å². The molecule has 9 nitrogen and oxygen atoms in total. The maximum atomic E-state index is 14.6. The first-order chi connectivity index (χ1) is 16.1. The second kappa shape index (κ2) is 7.78. The van der Waals surface area contributed by atoms with Gasteiger partial charge < -0.3 is 4.90 Å². The van der Waals surface area contributed by atoms with Crippen LogP contribution in [0.25, 0.3) is 16.7 Å². The van der Waals surface area contributed by atoms with Gasteiger partial charge in [-0.05, 0) is 22.9 Å². The van der Waals surface area contributed by atoms with Gasteiger partial charge in [-0.3, -0.25) is 4.52 Å². The first-order valence-corrected chi connectivity index (χ1v) is 10.2. The van der Waals surface area contributed by atoms with Gasteiger partial charge >= 0.3 is 18.1 Å². The molecule has 0 spiro atoms. The lowest BCUT2D eigenvalue weighted by molar-refractivity contribution is -0.765. The summed E-state index contributed by atoms with van der Waals surface area (Å²) in [6.07, 6.45) is -1.26. The number of fused-ring (bicyclic) bond motifs is 1. The van der Waals surface area contributed by atoms with Crippen LogP contribution in [0.4, 0.5) is 33.7 Å². The second-order valence-corrected chi connectivity index (χ2v) is 7.98. The molecule has 0 radical (unpaired) electrons. The number of anilines is 2. The van der Waals surface area contributed by atoms with Gasteiger partial charge in [-0.1, -0.05) is 4.98 Å². The van der Waals surface area contributed by atoms with Crippen LogP contribution in [0.2, 0.25) is 0 Å². The summed E-state index contributed by atoms with van der Waals surface area (Å²) in [6, 6.07) is 5.00. The van der Waals surface area contributed by atoms with Crippen molar-refractivity contribution in [2.75, 3.05) is 23.3 Å². The minimum Gasteiger partial charge on any atom is -0.369 e. The summed E-state index contributed by atoms with van der Waals surface area (Å²) in [5.74, 6) is -1.29. The third kappa shape index (κ3) is 3.93.